The van der Waals surface area contributed by atoms with Gasteiger partial charge in [-0.1, -0.05) is 6.92 Å². The first kappa shape index (κ1) is 11.2. The molecule has 14 heavy (non-hydrogen) atoms. The normalized spacial score (nSPS) is 10.2. The van der Waals surface area contributed by atoms with Crippen LogP contribution in [0, 0.1) is 0 Å². The number of aromatic nitrogens is 2. The van der Waals surface area contributed by atoms with Gasteiger partial charge in [-0.3, -0.25) is 4.68 Å². The highest BCUT2D eigenvalue weighted by Crippen LogP contribution is 2.15. The van der Waals surface area contributed by atoms with Crippen molar-refractivity contribution in [3.05, 3.63) is 16.4 Å². The van der Waals surface area contributed by atoms with Gasteiger partial charge in [-0.15, -0.1) is 0 Å². The number of rotatable bonds is 4. The first-order valence-electron chi connectivity index (χ1n) is 4.59. The minimum absolute atomic E-state index is 0.332. The molecular weight excluding hydrogens is 248 g/mol. The smallest absolute Gasteiger partial charge is 0.342 e. The first-order valence-corrected chi connectivity index (χ1v) is 5.38. The van der Waals surface area contributed by atoms with Crippen molar-refractivity contribution in [2.75, 3.05) is 6.61 Å². The zero-order chi connectivity index (χ0) is 10.6. The number of aryl methyl sites for hydroxylation is 1. The molecule has 1 aromatic heterocycles. The highest BCUT2D eigenvalue weighted by molar-refractivity contribution is 9.10. The molecule has 0 saturated heterocycles. The van der Waals surface area contributed by atoms with E-state index in [2.05, 4.69) is 28.0 Å². The summed E-state index contributed by atoms with van der Waals surface area (Å²) < 4.78 is 7.16. The second-order valence-electron chi connectivity index (χ2n) is 2.82. The van der Waals surface area contributed by atoms with Gasteiger partial charge in [-0.25, -0.2) is 4.79 Å². The minimum atomic E-state index is -0.332. The lowest BCUT2D eigenvalue weighted by Gasteiger charge is -1.97. The molecule has 0 amide bonds. The third-order valence-electron chi connectivity index (χ3n) is 1.66. The van der Waals surface area contributed by atoms with Crippen LogP contribution < -0.4 is 0 Å². The summed E-state index contributed by atoms with van der Waals surface area (Å²) >= 11 is 3.22. The molecule has 0 saturated carbocycles. The van der Waals surface area contributed by atoms with Crippen LogP contribution in [0.15, 0.2) is 10.8 Å². The van der Waals surface area contributed by atoms with E-state index < -0.39 is 0 Å². The van der Waals surface area contributed by atoms with E-state index in [1.54, 1.807) is 17.8 Å². The zero-order valence-electron chi connectivity index (χ0n) is 8.29. The Bertz CT molecular complexity index is 323. The van der Waals surface area contributed by atoms with E-state index in [1.807, 2.05) is 0 Å². The number of carbonyl (C=O) groups is 1. The summed E-state index contributed by atoms with van der Waals surface area (Å²) in [6, 6.07) is 0. The van der Waals surface area contributed by atoms with Gasteiger partial charge in [-0.2, -0.15) is 5.10 Å². The number of carbonyl (C=O) groups excluding carboxylic acids is 1. The molecule has 0 aromatic carbocycles. The highest BCUT2D eigenvalue weighted by atomic mass is 79.9. The maximum Gasteiger partial charge on any atom is 0.342 e. The molecule has 0 radical (unpaired) electrons. The van der Waals surface area contributed by atoms with Crippen LogP contribution in [-0.4, -0.2) is 22.4 Å². The van der Waals surface area contributed by atoms with E-state index >= 15 is 0 Å². The van der Waals surface area contributed by atoms with Crippen molar-refractivity contribution in [3.63, 3.8) is 0 Å². The molecule has 0 spiro atoms. The Morgan fingerprint density at radius 2 is 2.36 bits per heavy atom. The van der Waals surface area contributed by atoms with Gasteiger partial charge in [0.15, 0.2) is 0 Å². The van der Waals surface area contributed by atoms with Gasteiger partial charge in [0, 0.05) is 12.7 Å². The number of esters is 1. The van der Waals surface area contributed by atoms with E-state index in [0.29, 0.717) is 16.8 Å². The number of hydrogen-bond donors (Lipinski definition) is 0. The van der Waals surface area contributed by atoms with Crippen LogP contribution in [0.25, 0.3) is 0 Å². The molecule has 0 aliphatic carbocycles. The highest BCUT2D eigenvalue weighted by Gasteiger charge is 2.14. The fourth-order valence-electron chi connectivity index (χ4n) is 1.09. The molecule has 0 bridgehead atoms. The molecule has 0 aliphatic rings. The van der Waals surface area contributed by atoms with E-state index in [4.69, 9.17) is 4.74 Å². The quantitative estimate of drug-likeness (QED) is 0.780. The number of ether oxygens (including phenoxy) is 1. The second kappa shape index (κ2) is 5.14. The van der Waals surface area contributed by atoms with Gasteiger partial charge in [0.1, 0.15) is 10.2 Å². The summed E-state index contributed by atoms with van der Waals surface area (Å²) in [6.45, 7) is 5.02. The summed E-state index contributed by atoms with van der Waals surface area (Å²) in [5.41, 5.74) is 0.486. The van der Waals surface area contributed by atoms with E-state index in [-0.39, 0.29) is 5.97 Å². The predicted molar refractivity (Wildman–Crippen MR) is 56.2 cm³/mol. The van der Waals surface area contributed by atoms with Gasteiger partial charge in [0.25, 0.3) is 0 Å². The van der Waals surface area contributed by atoms with Crippen LogP contribution in [0.1, 0.15) is 30.6 Å². The number of halogens is 1. The lowest BCUT2D eigenvalue weighted by molar-refractivity contribution is 0.0525. The Labute approximate surface area is 91.4 Å². The lowest BCUT2D eigenvalue weighted by atomic mass is 10.4. The Balaban J connectivity index is 2.81. The van der Waals surface area contributed by atoms with Gasteiger partial charge >= 0.3 is 5.97 Å². The minimum Gasteiger partial charge on any atom is -0.462 e. The third kappa shape index (κ3) is 2.57. The van der Waals surface area contributed by atoms with Crippen molar-refractivity contribution >= 4 is 21.9 Å². The van der Waals surface area contributed by atoms with Crippen LogP contribution >= 0.6 is 15.9 Å². The second-order valence-corrected chi connectivity index (χ2v) is 3.57. The van der Waals surface area contributed by atoms with Crippen LogP contribution in [-0.2, 0) is 11.3 Å². The van der Waals surface area contributed by atoms with Crippen LogP contribution in [0.3, 0.4) is 0 Å². The lowest BCUT2D eigenvalue weighted by Crippen LogP contribution is -2.04. The van der Waals surface area contributed by atoms with Crippen LogP contribution in [0.2, 0.25) is 0 Å². The van der Waals surface area contributed by atoms with Crippen LogP contribution in [0.5, 0.6) is 0 Å². The molecule has 0 fully saturated rings. The summed E-state index contributed by atoms with van der Waals surface area (Å²) in [5, 5.41) is 4.14. The van der Waals surface area contributed by atoms with Gasteiger partial charge < -0.3 is 4.74 Å². The molecule has 0 atom stereocenters. The SMILES string of the molecule is CCCn1cc(C(=O)OCC)c(Br)n1. The molecular formula is C9H13BrN2O2. The number of hydrogen-bond acceptors (Lipinski definition) is 3. The summed E-state index contributed by atoms with van der Waals surface area (Å²) in [7, 11) is 0. The van der Waals surface area contributed by atoms with Crippen LogP contribution in [0.4, 0.5) is 0 Å². The zero-order valence-corrected chi connectivity index (χ0v) is 9.87. The molecule has 0 N–H and O–H groups in total. The summed E-state index contributed by atoms with van der Waals surface area (Å²) in [4.78, 5) is 11.4. The molecule has 1 rings (SSSR count). The number of nitrogens with zero attached hydrogens (tertiary/aromatic N) is 2. The third-order valence-corrected chi connectivity index (χ3v) is 2.25. The molecule has 4 nitrogen and oxygen atoms in total. The molecule has 1 heterocycles. The van der Waals surface area contributed by atoms with E-state index in [9.17, 15) is 4.79 Å². The Hall–Kier alpha value is -0.840. The van der Waals surface area contributed by atoms with E-state index in [1.165, 1.54) is 0 Å². The molecule has 0 unspecified atom stereocenters. The Kier molecular flexibility index (Phi) is 4.13. The molecule has 1 aromatic rings. The first-order chi connectivity index (χ1) is 6.69. The van der Waals surface area contributed by atoms with Crippen molar-refractivity contribution in [2.24, 2.45) is 0 Å². The maximum absolute atomic E-state index is 11.4. The average Bonchev–Trinajstić information content (AvgIpc) is 2.48. The molecule has 5 heteroatoms. The topological polar surface area (TPSA) is 44.1 Å². The van der Waals surface area contributed by atoms with Gasteiger partial charge in [0.05, 0.1) is 6.61 Å². The van der Waals surface area contributed by atoms with Gasteiger partial charge in [0.2, 0.25) is 0 Å². The largest absolute Gasteiger partial charge is 0.462 e. The summed E-state index contributed by atoms with van der Waals surface area (Å²) in [6.07, 6.45) is 2.68. The molecule has 78 valence electrons. The Morgan fingerprint density at radius 1 is 1.64 bits per heavy atom. The fraction of sp³-hybridized carbons (Fsp3) is 0.556. The van der Waals surface area contributed by atoms with E-state index in [0.717, 1.165) is 13.0 Å². The predicted octanol–water partition coefficient (Wildman–Crippen LogP) is 2.23. The molecule has 0 aliphatic heterocycles. The maximum atomic E-state index is 11.4. The van der Waals surface area contributed by atoms with Crippen molar-refractivity contribution in [2.45, 2.75) is 26.8 Å². The fourth-order valence-corrected chi connectivity index (χ4v) is 1.56. The monoisotopic (exact) mass is 260 g/mol. The van der Waals surface area contributed by atoms with Crippen molar-refractivity contribution in [1.82, 2.24) is 9.78 Å². The van der Waals surface area contributed by atoms with Crippen molar-refractivity contribution < 1.29 is 9.53 Å². The summed E-state index contributed by atoms with van der Waals surface area (Å²) in [5.74, 6) is -0.332. The standard InChI is InChI=1S/C9H13BrN2O2/c1-3-5-12-6-7(8(10)11-12)9(13)14-4-2/h6H,3-5H2,1-2H3. The Morgan fingerprint density at radius 3 is 2.93 bits per heavy atom. The van der Waals surface area contributed by atoms with Crippen molar-refractivity contribution in [1.29, 1.82) is 0 Å². The van der Waals surface area contributed by atoms with Gasteiger partial charge in [-0.05, 0) is 29.3 Å². The van der Waals surface area contributed by atoms with Crippen molar-refractivity contribution in [3.8, 4) is 0 Å². The average molecular weight is 261 g/mol.